The van der Waals surface area contributed by atoms with Gasteiger partial charge in [-0.3, -0.25) is 9.59 Å². The standard InChI is InChI=1S/C20H16FN5O2S/c1-26-18(10-19(28)23-16-8-6-15(21)7-9-16)24-25-20(26)29-12-17(27)14-4-2-13(11-22)3-5-14/h2-9H,10,12H2,1H3,(H,23,28). The maximum Gasteiger partial charge on any atom is 0.232 e. The fourth-order valence-electron chi connectivity index (χ4n) is 2.45. The van der Waals surface area contributed by atoms with Crippen LogP contribution in [0.3, 0.4) is 0 Å². The molecule has 0 bridgehead atoms. The van der Waals surface area contributed by atoms with Crippen LogP contribution >= 0.6 is 11.8 Å². The molecule has 0 aliphatic carbocycles. The zero-order valence-corrected chi connectivity index (χ0v) is 16.2. The van der Waals surface area contributed by atoms with E-state index in [1.54, 1.807) is 35.9 Å². The summed E-state index contributed by atoms with van der Waals surface area (Å²) in [4.78, 5) is 24.5. The molecule has 0 saturated carbocycles. The summed E-state index contributed by atoms with van der Waals surface area (Å²) in [6.45, 7) is 0. The number of nitrogens with one attached hydrogen (secondary N) is 1. The molecule has 29 heavy (non-hydrogen) atoms. The topological polar surface area (TPSA) is 101 Å². The van der Waals surface area contributed by atoms with E-state index in [1.807, 2.05) is 6.07 Å². The average Bonchev–Trinajstić information content (AvgIpc) is 3.07. The lowest BCUT2D eigenvalue weighted by Crippen LogP contribution is -2.17. The molecule has 0 saturated heterocycles. The van der Waals surface area contributed by atoms with Crippen LogP contribution in [0.15, 0.2) is 53.7 Å². The Labute approximate surface area is 170 Å². The van der Waals surface area contributed by atoms with Crippen LogP contribution in [0.1, 0.15) is 21.7 Å². The first-order chi connectivity index (χ1) is 14.0. The van der Waals surface area contributed by atoms with E-state index < -0.39 is 0 Å². The van der Waals surface area contributed by atoms with Gasteiger partial charge in [0.15, 0.2) is 10.9 Å². The SMILES string of the molecule is Cn1c(CC(=O)Nc2ccc(F)cc2)nnc1SCC(=O)c1ccc(C#N)cc1. The van der Waals surface area contributed by atoms with Crippen molar-refractivity contribution in [3.05, 3.63) is 71.3 Å². The molecule has 0 fully saturated rings. The van der Waals surface area contributed by atoms with Crippen LogP contribution in [0.4, 0.5) is 10.1 Å². The summed E-state index contributed by atoms with van der Waals surface area (Å²) < 4.78 is 14.6. The van der Waals surface area contributed by atoms with Gasteiger partial charge >= 0.3 is 0 Å². The number of hydrogen-bond donors (Lipinski definition) is 1. The molecule has 146 valence electrons. The monoisotopic (exact) mass is 409 g/mol. The quantitative estimate of drug-likeness (QED) is 0.476. The molecule has 3 rings (SSSR count). The minimum atomic E-state index is -0.381. The number of carbonyl (C=O) groups excluding carboxylic acids is 2. The van der Waals surface area contributed by atoms with Crippen molar-refractivity contribution in [3.63, 3.8) is 0 Å². The molecule has 1 aromatic heterocycles. The van der Waals surface area contributed by atoms with Crippen LogP contribution in [0.2, 0.25) is 0 Å². The molecular formula is C20H16FN5O2S. The average molecular weight is 409 g/mol. The van der Waals surface area contributed by atoms with Gasteiger partial charge in [0.05, 0.1) is 23.8 Å². The largest absolute Gasteiger partial charge is 0.326 e. The lowest BCUT2D eigenvalue weighted by Gasteiger charge is -2.06. The van der Waals surface area contributed by atoms with Gasteiger partial charge in [-0.05, 0) is 36.4 Å². The predicted molar refractivity (Wildman–Crippen MR) is 106 cm³/mol. The molecule has 0 aliphatic heterocycles. The summed E-state index contributed by atoms with van der Waals surface area (Å²) in [6, 6.07) is 13.9. The number of amides is 1. The molecule has 0 aliphatic rings. The summed E-state index contributed by atoms with van der Waals surface area (Å²) in [7, 11) is 1.72. The Bertz CT molecular complexity index is 1070. The Morgan fingerprint density at radius 2 is 1.83 bits per heavy atom. The van der Waals surface area contributed by atoms with E-state index in [0.29, 0.717) is 27.8 Å². The second-order valence-electron chi connectivity index (χ2n) is 6.09. The lowest BCUT2D eigenvalue weighted by atomic mass is 10.1. The number of ketones is 1. The van der Waals surface area contributed by atoms with Gasteiger partial charge in [0.1, 0.15) is 11.6 Å². The minimum Gasteiger partial charge on any atom is -0.326 e. The molecule has 9 heteroatoms. The summed E-state index contributed by atoms with van der Waals surface area (Å²) in [5, 5.41) is 20.0. The third-order valence-corrected chi connectivity index (χ3v) is 5.06. The van der Waals surface area contributed by atoms with Crippen LogP contribution < -0.4 is 5.32 Å². The number of thioether (sulfide) groups is 1. The van der Waals surface area contributed by atoms with E-state index in [0.717, 1.165) is 0 Å². The van der Waals surface area contributed by atoms with Crippen LogP contribution in [0, 0.1) is 17.1 Å². The zero-order valence-electron chi connectivity index (χ0n) is 15.4. The van der Waals surface area contributed by atoms with E-state index in [4.69, 9.17) is 5.26 Å². The number of Topliss-reactive ketones (excluding diaryl/α,β-unsaturated/α-hetero) is 1. The fourth-order valence-corrected chi connectivity index (χ4v) is 3.28. The van der Waals surface area contributed by atoms with Gasteiger partial charge in [0.2, 0.25) is 5.91 Å². The van der Waals surface area contributed by atoms with Crippen molar-refractivity contribution in [3.8, 4) is 6.07 Å². The van der Waals surface area contributed by atoms with Crippen molar-refractivity contribution in [2.75, 3.05) is 11.1 Å². The highest BCUT2D eigenvalue weighted by molar-refractivity contribution is 7.99. The molecule has 3 aromatic rings. The van der Waals surface area contributed by atoms with Crippen molar-refractivity contribution in [1.82, 2.24) is 14.8 Å². The van der Waals surface area contributed by atoms with E-state index >= 15 is 0 Å². The summed E-state index contributed by atoms with van der Waals surface area (Å²) >= 11 is 1.21. The molecule has 0 radical (unpaired) electrons. The summed E-state index contributed by atoms with van der Waals surface area (Å²) in [6.07, 6.45) is -0.00892. The number of halogens is 1. The van der Waals surface area contributed by atoms with Crippen molar-refractivity contribution in [2.24, 2.45) is 7.05 Å². The number of benzene rings is 2. The van der Waals surface area contributed by atoms with Crippen LogP contribution in [0.25, 0.3) is 0 Å². The number of hydrogen-bond acceptors (Lipinski definition) is 6. The third kappa shape index (κ3) is 5.27. The van der Waals surface area contributed by atoms with E-state index in [1.165, 1.54) is 36.0 Å². The number of nitriles is 1. The molecule has 1 heterocycles. The molecule has 0 atom stereocenters. The van der Waals surface area contributed by atoms with Crippen molar-refractivity contribution < 1.29 is 14.0 Å². The van der Waals surface area contributed by atoms with Gasteiger partial charge in [-0.15, -0.1) is 10.2 Å². The minimum absolute atomic E-state index is 0.00892. The van der Waals surface area contributed by atoms with Gasteiger partial charge in [0.25, 0.3) is 0 Å². The van der Waals surface area contributed by atoms with E-state index in [2.05, 4.69) is 15.5 Å². The zero-order chi connectivity index (χ0) is 20.8. The van der Waals surface area contributed by atoms with E-state index in [-0.39, 0.29) is 29.7 Å². The Kier molecular flexibility index (Phi) is 6.36. The number of nitrogens with zero attached hydrogens (tertiary/aromatic N) is 4. The highest BCUT2D eigenvalue weighted by Crippen LogP contribution is 2.18. The number of aromatic nitrogens is 3. The summed E-state index contributed by atoms with van der Waals surface area (Å²) in [5.41, 5.74) is 1.49. The molecule has 2 aromatic carbocycles. The second kappa shape index (κ2) is 9.12. The highest BCUT2D eigenvalue weighted by Gasteiger charge is 2.15. The highest BCUT2D eigenvalue weighted by atomic mass is 32.2. The van der Waals surface area contributed by atoms with Gasteiger partial charge in [0, 0.05) is 18.3 Å². The first kappa shape index (κ1) is 20.2. The fraction of sp³-hybridized carbons (Fsp3) is 0.150. The smallest absolute Gasteiger partial charge is 0.232 e. The Morgan fingerprint density at radius 3 is 2.48 bits per heavy atom. The van der Waals surface area contributed by atoms with Crippen LogP contribution in [-0.4, -0.2) is 32.2 Å². The first-order valence-electron chi connectivity index (χ1n) is 8.56. The number of rotatable bonds is 7. The second-order valence-corrected chi connectivity index (χ2v) is 7.03. The van der Waals surface area contributed by atoms with Gasteiger partial charge in [-0.2, -0.15) is 5.26 Å². The first-order valence-corrected chi connectivity index (χ1v) is 9.54. The maximum atomic E-state index is 12.9. The van der Waals surface area contributed by atoms with Crippen LogP contribution in [0.5, 0.6) is 0 Å². The van der Waals surface area contributed by atoms with Crippen molar-refractivity contribution in [2.45, 2.75) is 11.6 Å². The Hall–Kier alpha value is -3.51. The molecular weight excluding hydrogens is 393 g/mol. The predicted octanol–water partition coefficient (Wildman–Crippen LogP) is 2.98. The van der Waals surface area contributed by atoms with Gasteiger partial charge < -0.3 is 9.88 Å². The molecule has 0 unspecified atom stereocenters. The van der Waals surface area contributed by atoms with E-state index in [9.17, 15) is 14.0 Å². The molecule has 0 spiro atoms. The number of carbonyl (C=O) groups is 2. The Morgan fingerprint density at radius 1 is 1.14 bits per heavy atom. The number of anilines is 1. The molecule has 7 nitrogen and oxygen atoms in total. The normalized spacial score (nSPS) is 10.4. The maximum absolute atomic E-state index is 12.9. The molecule has 1 N–H and O–H groups in total. The van der Waals surface area contributed by atoms with Crippen LogP contribution in [-0.2, 0) is 18.3 Å². The van der Waals surface area contributed by atoms with Gasteiger partial charge in [-0.25, -0.2) is 4.39 Å². The van der Waals surface area contributed by atoms with Crippen molar-refractivity contribution >= 4 is 29.1 Å². The van der Waals surface area contributed by atoms with Gasteiger partial charge in [-0.1, -0.05) is 23.9 Å². The van der Waals surface area contributed by atoms with Crippen molar-refractivity contribution in [1.29, 1.82) is 5.26 Å². The Balaban J connectivity index is 1.57. The summed E-state index contributed by atoms with van der Waals surface area (Å²) in [5.74, 6) is -0.193. The third-order valence-electron chi connectivity index (χ3n) is 4.04. The lowest BCUT2D eigenvalue weighted by molar-refractivity contribution is -0.115. The molecule has 1 amide bonds.